The van der Waals surface area contributed by atoms with Crippen LogP contribution in [0.1, 0.15) is 16.8 Å². The first kappa shape index (κ1) is 21.7. The summed E-state index contributed by atoms with van der Waals surface area (Å²) in [6.45, 7) is 1.20. The van der Waals surface area contributed by atoms with Crippen molar-refractivity contribution in [1.82, 2.24) is 5.32 Å². The van der Waals surface area contributed by atoms with E-state index in [1.54, 1.807) is 11.8 Å². The second-order valence-corrected chi connectivity index (χ2v) is 10.7. The van der Waals surface area contributed by atoms with E-state index in [1.807, 2.05) is 24.3 Å². The van der Waals surface area contributed by atoms with Gasteiger partial charge in [-0.1, -0.05) is 47.6 Å². The van der Waals surface area contributed by atoms with Crippen molar-refractivity contribution in [1.29, 1.82) is 0 Å². The number of anilines is 2. The van der Waals surface area contributed by atoms with Gasteiger partial charge >= 0.3 is 0 Å². The van der Waals surface area contributed by atoms with Crippen LogP contribution in [0.5, 0.6) is 0 Å². The molecule has 1 heterocycles. The Balaban J connectivity index is 1.43. The van der Waals surface area contributed by atoms with Crippen molar-refractivity contribution in [3.8, 4) is 0 Å². The van der Waals surface area contributed by atoms with Gasteiger partial charge in [-0.05, 0) is 48.9 Å². The molecular weight excluding hydrogens is 452 g/mol. The van der Waals surface area contributed by atoms with Crippen molar-refractivity contribution in [3.05, 3.63) is 77.3 Å². The number of hydrogen-bond acceptors (Lipinski definition) is 5. The van der Waals surface area contributed by atoms with Crippen molar-refractivity contribution in [2.45, 2.75) is 21.1 Å². The maximum atomic E-state index is 12.5. The monoisotopic (exact) mass is 472 g/mol. The Bertz CT molecular complexity index is 1200. The van der Waals surface area contributed by atoms with Gasteiger partial charge in [0.15, 0.2) is 9.84 Å². The van der Waals surface area contributed by atoms with Crippen molar-refractivity contribution in [2.75, 3.05) is 24.2 Å². The highest BCUT2D eigenvalue weighted by atomic mass is 35.5. The molecule has 0 unspecified atom stereocenters. The highest BCUT2D eigenvalue weighted by Crippen LogP contribution is 2.47. The summed E-state index contributed by atoms with van der Waals surface area (Å²) in [5.74, 6) is -0.323. The van der Waals surface area contributed by atoms with Crippen molar-refractivity contribution in [2.24, 2.45) is 0 Å². The van der Waals surface area contributed by atoms with E-state index in [1.165, 1.54) is 28.0 Å². The second kappa shape index (κ2) is 8.94. The standard InChI is InChI=1S/C23H21ClN2O3S2/c1-31(28,29)22-15-16(11-12-17(22)24)23(27)25-13-6-14-26-18-7-2-4-9-20(18)30-21-10-5-3-8-19(21)26/h2-5,7-12,15H,6,13-14H2,1H3,(H,25,27). The molecule has 0 bridgehead atoms. The summed E-state index contributed by atoms with van der Waals surface area (Å²) in [6.07, 6.45) is 1.80. The summed E-state index contributed by atoms with van der Waals surface area (Å²) in [7, 11) is -3.51. The molecule has 31 heavy (non-hydrogen) atoms. The molecule has 0 fully saturated rings. The molecule has 0 saturated carbocycles. The maximum absolute atomic E-state index is 12.5. The number of carbonyl (C=O) groups is 1. The molecule has 3 aromatic carbocycles. The van der Waals surface area contributed by atoms with E-state index in [4.69, 9.17) is 11.6 Å². The van der Waals surface area contributed by atoms with Gasteiger partial charge in [0.25, 0.3) is 5.91 Å². The van der Waals surface area contributed by atoms with Crippen LogP contribution in [0.25, 0.3) is 0 Å². The lowest BCUT2D eigenvalue weighted by Crippen LogP contribution is -2.29. The van der Waals surface area contributed by atoms with E-state index in [0.29, 0.717) is 6.54 Å². The average molecular weight is 473 g/mol. The minimum Gasteiger partial charge on any atom is -0.352 e. The highest BCUT2D eigenvalue weighted by molar-refractivity contribution is 7.99. The van der Waals surface area contributed by atoms with Crippen LogP contribution in [-0.4, -0.2) is 33.7 Å². The van der Waals surface area contributed by atoms with E-state index >= 15 is 0 Å². The quantitative estimate of drug-likeness (QED) is 0.501. The number of sulfone groups is 1. The topological polar surface area (TPSA) is 66.5 Å². The molecule has 0 radical (unpaired) electrons. The molecule has 1 N–H and O–H groups in total. The number of nitrogens with zero attached hydrogens (tertiary/aromatic N) is 1. The van der Waals surface area contributed by atoms with Gasteiger partial charge in [0.1, 0.15) is 0 Å². The number of benzene rings is 3. The molecule has 5 nitrogen and oxygen atoms in total. The smallest absolute Gasteiger partial charge is 0.251 e. The minimum atomic E-state index is -3.51. The third-order valence-electron chi connectivity index (χ3n) is 4.97. The zero-order chi connectivity index (χ0) is 22.0. The molecule has 3 aromatic rings. The number of hydrogen-bond donors (Lipinski definition) is 1. The Morgan fingerprint density at radius 1 is 1.00 bits per heavy atom. The number of para-hydroxylation sites is 2. The summed E-state index contributed by atoms with van der Waals surface area (Å²) in [5, 5.41) is 2.99. The summed E-state index contributed by atoms with van der Waals surface area (Å²) in [5.41, 5.74) is 2.59. The Hall–Kier alpha value is -2.48. The number of fused-ring (bicyclic) bond motifs is 2. The molecule has 0 spiro atoms. The molecule has 1 aliphatic heterocycles. The van der Waals surface area contributed by atoms with Crippen LogP contribution in [0.3, 0.4) is 0 Å². The van der Waals surface area contributed by atoms with Gasteiger partial charge in [0.2, 0.25) is 0 Å². The molecule has 4 rings (SSSR count). The number of nitrogens with one attached hydrogen (secondary N) is 1. The van der Waals surface area contributed by atoms with Crippen LogP contribution >= 0.6 is 23.4 Å². The largest absolute Gasteiger partial charge is 0.352 e. The van der Waals surface area contributed by atoms with Crippen molar-refractivity contribution >= 4 is 50.5 Å². The lowest BCUT2D eigenvalue weighted by Gasteiger charge is -2.32. The third kappa shape index (κ3) is 4.74. The predicted octanol–water partition coefficient (Wildman–Crippen LogP) is 5.17. The number of amides is 1. The zero-order valence-electron chi connectivity index (χ0n) is 16.8. The van der Waals surface area contributed by atoms with Gasteiger partial charge in [0.05, 0.1) is 21.3 Å². The zero-order valence-corrected chi connectivity index (χ0v) is 19.2. The first-order chi connectivity index (χ1) is 14.8. The first-order valence-electron chi connectivity index (χ1n) is 9.76. The van der Waals surface area contributed by atoms with Gasteiger partial charge in [-0.2, -0.15) is 0 Å². The maximum Gasteiger partial charge on any atom is 0.251 e. The third-order valence-corrected chi connectivity index (χ3v) is 7.68. The van der Waals surface area contributed by atoms with Crippen LogP contribution in [-0.2, 0) is 9.84 Å². The van der Waals surface area contributed by atoms with E-state index in [9.17, 15) is 13.2 Å². The molecule has 1 amide bonds. The molecule has 0 saturated heterocycles. The molecule has 0 aromatic heterocycles. The van der Waals surface area contributed by atoms with Crippen LogP contribution in [0, 0.1) is 0 Å². The number of rotatable bonds is 6. The van der Waals surface area contributed by atoms with Gasteiger partial charge in [-0.15, -0.1) is 0 Å². The Morgan fingerprint density at radius 3 is 2.23 bits per heavy atom. The Kier molecular flexibility index (Phi) is 6.27. The fourth-order valence-corrected chi connectivity index (χ4v) is 5.89. The second-order valence-electron chi connectivity index (χ2n) is 7.22. The molecule has 0 aliphatic carbocycles. The fraction of sp³-hybridized carbons (Fsp3) is 0.174. The lowest BCUT2D eigenvalue weighted by molar-refractivity contribution is 0.0953. The normalized spacial score (nSPS) is 12.8. The summed E-state index contributed by atoms with van der Waals surface area (Å²) < 4.78 is 23.7. The van der Waals surface area contributed by atoms with Gasteiger partial charge in [0, 0.05) is 34.7 Å². The number of carbonyl (C=O) groups excluding carboxylic acids is 1. The van der Waals surface area contributed by atoms with E-state index in [0.717, 1.165) is 30.6 Å². The molecular formula is C23H21ClN2O3S2. The predicted molar refractivity (Wildman–Crippen MR) is 126 cm³/mol. The van der Waals surface area contributed by atoms with Crippen LogP contribution in [0.15, 0.2) is 81.4 Å². The van der Waals surface area contributed by atoms with Crippen molar-refractivity contribution < 1.29 is 13.2 Å². The molecule has 0 atom stereocenters. The summed E-state index contributed by atoms with van der Waals surface area (Å²) in [6, 6.07) is 20.9. The van der Waals surface area contributed by atoms with E-state index in [2.05, 4.69) is 34.5 Å². The van der Waals surface area contributed by atoms with Gasteiger partial charge in [-0.25, -0.2) is 8.42 Å². The highest BCUT2D eigenvalue weighted by Gasteiger charge is 2.22. The van der Waals surface area contributed by atoms with Crippen LogP contribution in [0.4, 0.5) is 11.4 Å². The van der Waals surface area contributed by atoms with Gasteiger partial charge < -0.3 is 10.2 Å². The summed E-state index contributed by atoms with van der Waals surface area (Å²) >= 11 is 7.72. The van der Waals surface area contributed by atoms with Crippen LogP contribution < -0.4 is 10.2 Å². The Labute approximate surface area is 191 Å². The van der Waals surface area contributed by atoms with E-state index in [-0.39, 0.29) is 21.4 Å². The summed E-state index contributed by atoms with van der Waals surface area (Å²) in [4.78, 5) is 17.2. The molecule has 1 aliphatic rings. The van der Waals surface area contributed by atoms with Crippen LogP contribution in [0.2, 0.25) is 5.02 Å². The lowest BCUT2D eigenvalue weighted by atomic mass is 10.2. The average Bonchev–Trinajstić information content (AvgIpc) is 2.75. The number of halogens is 1. The molecule has 160 valence electrons. The first-order valence-corrected chi connectivity index (χ1v) is 12.8. The van der Waals surface area contributed by atoms with E-state index < -0.39 is 9.84 Å². The minimum absolute atomic E-state index is 0.0409. The Morgan fingerprint density at radius 2 is 1.61 bits per heavy atom. The SMILES string of the molecule is CS(=O)(=O)c1cc(C(=O)NCCCN2c3ccccc3Sc3ccccc32)ccc1Cl. The fourth-order valence-electron chi connectivity index (χ4n) is 3.49. The van der Waals surface area contributed by atoms with Crippen molar-refractivity contribution in [3.63, 3.8) is 0 Å². The van der Waals surface area contributed by atoms with Gasteiger partial charge in [-0.3, -0.25) is 4.79 Å². The molecule has 8 heteroatoms.